The fourth-order valence-electron chi connectivity index (χ4n) is 2.70. The van der Waals surface area contributed by atoms with Gasteiger partial charge in [0.05, 0.1) is 11.8 Å². The maximum absolute atomic E-state index is 11.5. The number of aromatic nitrogens is 5. The Labute approximate surface area is 132 Å². The Morgan fingerprint density at radius 1 is 1.36 bits per heavy atom. The molecule has 1 saturated heterocycles. The topological polar surface area (TPSA) is 103 Å². The lowest BCUT2D eigenvalue weighted by Crippen LogP contribution is -2.37. The average molecular weight is 322 g/mol. The molecule has 0 radical (unpaired) electrons. The predicted molar refractivity (Wildman–Crippen MR) is 80.5 cm³/mol. The van der Waals surface area contributed by atoms with Gasteiger partial charge in [-0.15, -0.1) is 15.3 Å². The van der Waals surface area contributed by atoms with E-state index < -0.39 is 5.91 Å². The Kier molecular flexibility index (Phi) is 4.19. The molecule has 9 heteroatoms. The molecule has 0 saturated carbocycles. The molecule has 2 aromatic heterocycles. The van der Waals surface area contributed by atoms with Gasteiger partial charge in [0.1, 0.15) is 0 Å². The molecule has 1 fully saturated rings. The van der Waals surface area contributed by atoms with E-state index in [2.05, 4.69) is 20.5 Å². The number of hydrogen-bond donors (Lipinski definition) is 1. The molecule has 0 bridgehead atoms. The molecule has 1 amide bonds. The Morgan fingerprint density at radius 3 is 2.77 bits per heavy atom. The second-order valence-electron chi connectivity index (χ2n) is 5.32. The number of anilines is 1. The van der Waals surface area contributed by atoms with E-state index in [1.807, 2.05) is 15.8 Å². The standard InChI is InChI=1S/C13H16ClN7O/c14-11-7-10(12(15)22)13(18-17-11)20-4-1-9(2-5-20)8-21-6-3-16-19-21/h3,6-7,9H,1-2,4-5,8H2,(H2,15,22). The summed E-state index contributed by atoms with van der Waals surface area (Å²) in [4.78, 5) is 13.6. The minimum Gasteiger partial charge on any atom is -0.365 e. The second-order valence-corrected chi connectivity index (χ2v) is 5.71. The normalized spacial score (nSPS) is 16.0. The minimum absolute atomic E-state index is 0.165. The highest BCUT2D eigenvalue weighted by Crippen LogP contribution is 2.25. The number of carbonyl (C=O) groups excluding carboxylic acids is 1. The summed E-state index contributed by atoms with van der Waals surface area (Å²) in [5.41, 5.74) is 5.71. The third-order valence-electron chi connectivity index (χ3n) is 3.84. The minimum atomic E-state index is -0.545. The van der Waals surface area contributed by atoms with Crippen molar-refractivity contribution in [2.24, 2.45) is 11.7 Å². The van der Waals surface area contributed by atoms with Crippen molar-refractivity contribution in [1.82, 2.24) is 25.2 Å². The number of nitrogens with zero attached hydrogens (tertiary/aromatic N) is 6. The van der Waals surface area contributed by atoms with Crippen molar-refractivity contribution < 1.29 is 4.79 Å². The first kappa shape index (κ1) is 14.7. The predicted octanol–water partition coefficient (Wildman–Crippen LogP) is 0.737. The first-order valence-corrected chi connectivity index (χ1v) is 7.43. The summed E-state index contributed by atoms with van der Waals surface area (Å²) in [6, 6.07) is 1.47. The smallest absolute Gasteiger partial charge is 0.252 e. The van der Waals surface area contributed by atoms with Crippen molar-refractivity contribution >= 4 is 23.3 Å². The Morgan fingerprint density at radius 2 is 2.14 bits per heavy atom. The molecule has 0 spiro atoms. The van der Waals surface area contributed by atoms with E-state index in [0.717, 1.165) is 32.5 Å². The van der Waals surface area contributed by atoms with E-state index >= 15 is 0 Å². The average Bonchev–Trinajstić information content (AvgIpc) is 3.01. The number of piperidine rings is 1. The molecule has 3 rings (SSSR count). The SMILES string of the molecule is NC(=O)c1cc(Cl)nnc1N1CCC(Cn2ccnn2)CC1. The molecular weight excluding hydrogens is 306 g/mol. The van der Waals surface area contributed by atoms with Crippen molar-refractivity contribution in [3.8, 4) is 0 Å². The van der Waals surface area contributed by atoms with Crippen LogP contribution in [0, 0.1) is 5.92 Å². The first-order chi connectivity index (χ1) is 10.6. The zero-order chi connectivity index (χ0) is 15.5. The van der Waals surface area contributed by atoms with Crippen LogP contribution in [0.4, 0.5) is 5.82 Å². The number of halogens is 1. The van der Waals surface area contributed by atoms with Crippen LogP contribution in [0.1, 0.15) is 23.2 Å². The summed E-state index contributed by atoms with van der Waals surface area (Å²) in [5.74, 6) is 0.489. The van der Waals surface area contributed by atoms with Gasteiger partial charge in [-0.05, 0) is 24.8 Å². The lowest BCUT2D eigenvalue weighted by molar-refractivity contribution is 0.1000. The zero-order valence-corrected chi connectivity index (χ0v) is 12.6. The quantitative estimate of drug-likeness (QED) is 0.890. The van der Waals surface area contributed by atoms with Crippen LogP contribution in [0.5, 0.6) is 0 Å². The molecule has 22 heavy (non-hydrogen) atoms. The monoisotopic (exact) mass is 321 g/mol. The third-order valence-corrected chi connectivity index (χ3v) is 4.03. The third kappa shape index (κ3) is 3.16. The Balaban J connectivity index is 1.67. The van der Waals surface area contributed by atoms with Crippen molar-refractivity contribution in [3.63, 3.8) is 0 Å². The van der Waals surface area contributed by atoms with Crippen molar-refractivity contribution in [2.75, 3.05) is 18.0 Å². The van der Waals surface area contributed by atoms with E-state index in [1.165, 1.54) is 6.07 Å². The van der Waals surface area contributed by atoms with Gasteiger partial charge in [0.2, 0.25) is 0 Å². The summed E-state index contributed by atoms with van der Waals surface area (Å²) >= 11 is 5.79. The molecule has 1 aliphatic rings. The Bertz CT molecular complexity index is 652. The van der Waals surface area contributed by atoms with Gasteiger partial charge in [0.25, 0.3) is 5.91 Å². The zero-order valence-electron chi connectivity index (χ0n) is 11.9. The van der Waals surface area contributed by atoms with Gasteiger partial charge >= 0.3 is 0 Å². The highest BCUT2D eigenvalue weighted by Gasteiger charge is 2.24. The molecule has 0 unspecified atom stereocenters. The largest absolute Gasteiger partial charge is 0.365 e. The molecule has 116 valence electrons. The summed E-state index contributed by atoms with van der Waals surface area (Å²) in [5, 5.41) is 15.8. The van der Waals surface area contributed by atoms with E-state index in [1.54, 1.807) is 6.20 Å². The van der Waals surface area contributed by atoms with Crippen LogP contribution in [0.3, 0.4) is 0 Å². The highest BCUT2D eigenvalue weighted by molar-refractivity contribution is 6.29. The number of amides is 1. The van der Waals surface area contributed by atoms with Gasteiger partial charge in [0.15, 0.2) is 11.0 Å². The second kappa shape index (κ2) is 6.27. The molecule has 2 aromatic rings. The van der Waals surface area contributed by atoms with Crippen LogP contribution in [0.25, 0.3) is 0 Å². The molecule has 2 N–H and O–H groups in total. The van der Waals surface area contributed by atoms with Crippen LogP contribution in [-0.4, -0.2) is 44.2 Å². The molecule has 0 aromatic carbocycles. The summed E-state index contributed by atoms with van der Waals surface area (Å²) in [6.07, 6.45) is 5.49. The van der Waals surface area contributed by atoms with Gasteiger partial charge in [-0.1, -0.05) is 16.8 Å². The molecule has 0 aliphatic carbocycles. The van der Waals surface area contributed by atoms with Crippen LogP contribution >= 0.6 is 11.6 Å². The van der Waals surface area contributed by atoms with Crippen molar-refractivity contribution in [3.05, 3.63) is 29.2 Å². The van der Waals surface area contributed by atoms with E-state index in [9.17, 15) is 4.79 Å². The summed E-state index contributed by atoms with van der Waals surface area (Å²) in [7, 11) is 0. The van der Waals surface area contributed by atoms with Gasteiger partial charge in [-0.25, -0.2) is 0 Å². The van der Waals surface area contributed by atoms with Crippen LogP contribution in [-0.2, 0) is 6.54 Å². The first-order valence-electron chi connectivity index (χ1n) is 7.05. The number of nitrogens with two attached hydrogens (primary N) is 1. The van der Waals surface area contributed by atoms with Crippen molar-refractivity contribution in [1.29, 1.82) is 0 Å². The number of hydrogen-bond acceptors (Lipinski definition) is 6. The fourth-order valence-corrected chi connectivity index (χ4v) is 2.85. The number of primary amides is 1. The summed E-state index contributed by atoms with van der Waals surface area (Å²) in [6.45, 7) is 2.43. The van der Waals surface area contributed by atoms with Gasteiger partial charge in [0, 0.05) is 25.8 Å². The number of rotatable bonds is 4. The van der Waals surface area contributed by atoms with Crippen LogP contribution < -0.4 is 10.6 Å². The van der Waals surface area contributed by atoms with Crippen LogP contribution in [0.2, 0.25) is 5.15 Å². The van der Waals surface area contributed by atoms with E-state index in [-0.39, 0.29) is 5.15 Å². The van der Waals surface area contributed by atoms with Crippen molar-refractivity contribution in [2.45, 2.75) is 19.4 Å². The maximum Gasteiger partial charge on any atom is 0.252 e. The van der Waals surface area contributed by atoms with E-state index in [0.29, 0.717) is 17.3 Å². The molecule has 3 heterocycles. The maximum atomic E-state index is 11.5. The molecule has 1 aliphatic heterocycles. The van der Waals surface area contributed by atoms with E-state index in [4.69, 9.17) is 17.3 Å². The lowest BCUT2D eigenvalue weighted by Gasteiger charge is -2.33. The molecule has 0 atom stereocenters. The fraction of sp³-hybridized carbons (Fsp3) is 0.462. The molecule has 8 nitrogen and oxygen atoms in total. The van der Waals surface area contributed by atoms with Gasteiger partial charge in [-0.2, -0.15) is 0 Å². The van der Waals surface area contributed by atoms with Gasteiger partial charge < -0.3 is 10.6 Å². The van der Waals surface area contributed by atoms with Crippen LogP contribution in [0.15, 0.2) is 18.5 Å². The van der Waals surface area contributed by atoms with Gasteiger partial charge in [-0.3, -0.25) is 9.48 Å². The number of carbonyl (C=O) groups is 1. The highest BCUT2D eigenvalue weighted by atomic mass is 35.5. The lowest BCUT2D eigenvalue weighted by atomic mass is 9.96. The molecular formula is C13H16ClN7O. The summed E-state index contributed by atoms with van der Waals surface area (Å²) < 4.78 is 1.84. The Hall–Kier alpha value is -2.22.